The van der Waals surface area contributed by atoms with Gasteiger partial charge in [0.15, 0.2) is 5.82 Å². The molecule has 8 nitrogen and oxygen atoms in total. The number of rotatable bonds is 6. The SMILES string of the molecule is C1NC2CC1C2.Cc1nc2c(F)c(-c3cccc(Cl)c3Cl)c(CCC#N)cc2c2[nH]c(C3CCCN3C(=O)C3CC3)cc12.N#Cc1ccc(CO)cc1. The Labute approximate surface area is 318 Å². The molecule has 5 heterocycles. The highest BCUT2D eigenvalue weighted by Crippen LogP contribution is 2.43. The second kappa shape index (κ2) is 15.8. The van der Waals surface area contributed by atoms with Crippen molar-refractivity contribution in [2.75, 3.05) is 13.1 Å². The third kappa shape index (κ3) is 7.63. The van der Waals surface area contributed by atoms with E-state index in [1.807, 2.05) is 24.0 Å². The summed E-state index contributed by atoms with van der Waals surface area (Å²) < 4.78 is 16.3. The largest absolute Gasteiger partial charge is 0.392 e. The van der Waals surface area contributed by atoms with E-state index in [0.717, 1.165) is 66.3 Å². The lowest BCUT2D eigenvalue weighted by Gasteiger charge is -2.24. The smallest absolute Gasteiger partial charge is 0.226 e. The Morgan fingerprint density at radius 1 is 1.08 bits per heavy atom. The number of H-pyrrole nitrogens is 1. The van der Waals surface area contributed by atoms with E-state index in [1.54, 1.807) is 42.5 Å². The number of aryl methyl sites for hydroxylation is 2. The number of aromatic nitrogens is 2. The molecule has 1 unspecified atom stereocenters. The van der Waals surface area contributed by atoms with E-state index in [-0.39, 0.29) is 41.4 Å². The molecule has 3 saturated heterocycles. The van der Waals surface area contributed by atoms with Crippen molar-refractivity contribution in [1.29, 1.82) is 10.5 Å². The van der Waals surface area contributed by atoms with Crippen LogP contribution in [-0.4, -0.2) is 45.0 Å². The summed E-state index contributed by atoms with van der Waals surface area (Å²) >= 11 is 12.8. The van der Waals surface area contributed by atoms with Crippen molar-refractivity contribution in [2.24, 2.45) is 11.8 Å². The third-order valence-electron chi connectivity index (χ3n) is 10.8. The van der Waals surface area contributed by atoms with Gasteiger partial charge in [-0.1, -0.05) is 47.5 Å². The second-order valence-corrected chi connectivity index (χ2v) is 15.2. The van der Waals surface area contributed by atoms with Gasteiger partial charge in [-0.25, -0.2) is 9.37 Å². The number of aliphatic hydroxyl groups excluding tert-OH is 1. The van der Waals surface area contributed by atoms with Crippen molar-refractivity contribution < 1.29 is 14.3 Å². The van der Waals surface area contributed by atoms with Gasteiger partial charge in [-0.2, -0.15) is 10.5 Å². The van der Waals surface area contributed by atoms with Gasteiger partial charge in [0.1, 0.15) is 5.52 Å². The van der Waals surface area contributed by atoms with Crippen LogP contribution in [0.25, 0.3) is 32.9 Å². The van der Waals surface area contributed by atoms with Crippen molar-refractivity contribution in [3.8, 4) is 23.3 Å². The van der Waals surface area contributed by atoms with Crippen molar-refractivity contribution in [1.82, 2.24) is 20.2 Å². The van der Waals surface area contributed by atoms with E-state index in [1.165, 1.54) is 19.4 Å². The number of fused-ring (bicyclic) bond motifs is 4. The minimum atomic E-state index is -0.484. The number of halogens is 3. The monoisotopic (exact) mass is 750 g/mol. The van der Waals surface area contributed by atoms with Gasteiger partial charge < -0.3 is 20.3 Å². The summed E-state index contributed by atoms with van der Waals surface area (Å²) in [5.41, 5.74) is 5.63. The molecule has 1 amide bonds. The van der Waals surface area contributed by atoms with Crippen LogP contribution in [-0.2, 0) is 17.8 Å². The van der Waals surface area contributed by atoms with Crippen LogP contribution in [0.4, 0.5) is 4.39 Å². The molecule has 5 fully saturated rings. The molecule has 5 aliphatic rings. The molecule has 5 aromatic rings. The van der Waals surface area contributed by atoms with Crippen LogP contribution >= 0.6 is 23.2 Å². The molecular weight excluding hydrogens is 710 g/mol. The third-order valence-corrected chi connectivity index (χ3v) is 11.7. The van der Waals surface area contributed by atoms with Crippen LogP contribution in [0.15, 0.2) is 54.6 Å². The Morgan fingerprint density at radius 2 is 1.85 bits per heavy atom. The van der Waals surface area contributed by atoms with E-state index < -0.39 is 5.82 Å². The van der Waals surface area contributed by atoms with Gasteiger partial charge in [-0.15, -0.1) is 0 Å². The first-order valence-corrected chi connectivity index (χ1v) is 19.1. The van der Waals surface area contributed by atoms with E-state index in [0.29, 0.717) is 44.8 Å². The van der Waals surface area contributed by atoms with Crippen LogP contribution < -0.4 is 5.32 Å². The fourth-order valence-electron chi connectivity index (χ4n) is 7.75. The number of nitrogens with zero attached hydrogens (tertiary/aromatic N) is 4. The standard InChI is InChI=1S/C29H25Cl2FN4O.C8H7NO.C5H9N/c1-15-19-14-22(23-8-4-12-36(23)29(37)16-9-10-16)35-27(19)20-13-17(5-3-11-33)24(26(32)28(20)34-15)18-6-2-7-21(30)25(18)31;9-5-7-1-3-8(6-10)4-2-7;1-4-2-5(1)6-3-4/h2,6-7,13-14,16,23,35H,3-5,8-10,12H2,1H3;1-4,10H,6H2;4-6H,1-3H2. The van der Waals surface area contributed by atoms with Crippen molar-refractivity contribution in [3.63, 3.8) is 0 Å². The molecular formula is C42H41Cl2FN6O2. The molecule has 3 N–H and O–H groups in total. The first-order valence-electron chi connectivity index (χ1n) is 18.3. The number of likely N-dealkylation sites (tertiary alicyclic amines) is 1. The van der Waals surface area contributed by atoms with Gasteiger partial charge in [-0.05, 0) is 106 Å². The van der Waals surface area contributed by atoms with E-state index in [2.05, 4.69) is 27.4 Å². The minimum Gasteiger partial charge on any atom is -0.392 e. The van der Waals surface area contributed by atoms with E-state index in [9.17, 15) is 10.1 Å². The summed E-state index contributed by atoms with van der Waals surface area (Å²) in [4.78, 5) is 23.1. The summed E-state index contributed by atoms with van der Waals surface area (Å²) in [7, 11) is 0. The molecule has 2 bridgehead atoms. The number of benzene rings is 3. The highest BCUT2D eigenvalue weighted by atomic mass is 35.5. The number of pyridine rings is 1. The predicted molar refractivity (Wildman–Crippen MR) is 206 cm³/mol. The van der Waals surface area contributed by atoms with Crippen molar-refractivity contribution >= 4 is 50.9 Å². The number of carbonyl (C=O) groups excluding carboxylic acids is 1. The zero-order valence-electron chi connectivity index (χ0n) is 29.6. The highest BCUT2D eigenvalue weighted by Gasteiger charge is 2.39. The maximum atomic E-state index is 16.3. The summed E-state index contributed by atoms with van der Waals surface area (Å²) in [6.45, 7) is 3.98. The molecule has 0 radical (unpaired) electrons. The Balaban J connectivity index is 0.000000222. The minimum absolute atomic E-state index is 0.0117. The first kappa shape index (κ1) is 36.8. The topological polar surface area (TPSA) is 129 Å². The number of nitrogens with one attached hydrogen (secondary N) is 2. The van der Waals surface area contributed by atoms with E-state index >= 15 is 4.39 Å². The van der Waals surface area contributed by atoms with Gasteiger partial charge in [0.25, 0.3) is 0 Å². The summed E-state index contributed by atoms with van der Waals surface area (Å²) in [5.74, 6) is 1.01. The number of carbonyl (C=O) groups is 1. The molecule has 2 aliphatic carbocycles. The van der Waals surface area contributed by atoms with E-state index in [4.69, 9.17) is 33.6 Å². The number of hydrogen-bond donors (Lipinski definition) is 3. The van der Waals surface area contributed by atoms with Gasteiger partial charge in [0, 0.05) is 58.2 Å². The van der Waals surface area contributed by atoms with Crippen LogP contribution in [0.2, 0.25) is 10.0 Å². The maximum absolute atomic E-state index is 16.3. The number of hydrogen-bond acceptors (Lipinski definition) is 6. The zero-order valence-corrected chi connectivity index (χ0v) is 31.1. The lowest BCUT2D eigenvalue weighted by atomic mass is 9.87. The molecule has 1 atom stereocenters. The number of amides is 1. The van der Waals surface area contributed by atoms with Gasteiger partial charge in [0.2, 0.25) is 5.91 Å². The summed E-state index contributed by atoms with van der Waals surface area (Å²) in [5, 5.41) is 31.8. The molecule has 10 rings (SSSR count). The Hall–Kier alpha value is -4.51. The molecule has 53 heavy (non-hydrogen) atoms. The Bertz CT molecular complexity index is 2240. The van der Waals surface area contributed by atoms with Crippen LogP contribution in [0, 0.1) is 47.2 Å². The highest BCUT2D eigenvalue weighted by molar-refractivity contribution is 6.43. The molecule has 3 aromatic carbocycles. The zero-order chi connectivity index (χ0) is 37.2. The normalized spacial score (nSPS) is 19.8. The summed E-state index contributed by atoms with van der Waals surface area (Å²) in [6.07, 6.45) is 7.35. The fourth-order valence-corrected chi connectivity index (χ4v) is 8.15. The number of aliphatic hydroxyl groups is 1. The first-order chi connectivity index (χ1) is 25.7. The van der Waals surface area contributed by atoms with Gasteiger partial charge in [0.05, 0.1) is 45.9 Å². The van der Waals surface area contributed by atoms with Crippen molar-refractivity contribution in [3.05, 3.63) is 98.5 Å². The average Bonchev–Trinajstić information content (AvgIpc) is 3.55. The van der Waals surface area contributed by atoms with Crippen LogP contribution in [0.3, 0.4) is 0 Å². The van der Waals surface area contributed by atoms with Crippen LogP contribution in [0.1, 0.15) is 79.1 Å². The predicted octanol–water partition coefficient (Wildman–Crippen LogP) is 9.09. The molecule has 11 heteroatoms. The molecule has 272 valence electrons. The van der Waals surface area contributed by atoms with Gasteiger partial charge >= 0.3 is 0 Å². The lowest BCUT2D eigenvalue weighted by Crippen LogP contribution is -2.31. The van der Waals surface area contributed by atoms with Gasteiger partial charge in [-0.3, -0.25) is 4.79 Å². The number of nitriles is 2. The Morgan fingerprint density at radius 3 is 2.47 bits per heavy atom. The number of aromatic amines is 1. The summed E-state index contributed by atoms with van der Waals surface area (Å²) in [6, 6.07) is 21.0. The second-order valence-electron chi connectivity index (χ2n) is 14.5. The van der Waals surface area contributed by atoms with Crippen molar-refractivity contribution in [2.45, 2.75) is 77.0 Å². The van der Waals surface area contributed by atoms with Crippen LogP contribution in [0.5, 0.6) is 0 Å². The molecule has 3 aliphatic heterocycles. The maximum Gasteiger partial charge on any atom is 0.226 e. The quantitative estimate of drug-likeness (QED) is 0.159. The average molecular weight is 752 g/mol. The molecule has 0 spiro atoms. The molecule has 2 aromatic heterocycles. The Kier molecular flexibility index (Phi) is 11.0. The fraction of sp³-hybridized carbons (Fsp3) is 0.381. The lowest BCUT2D eigenvalue weighted by molar-refractivity contribution is -0.133. The molecule has 2 saturated carbocycles.